The van der Waals surface area contributed by atoms with Crippen LogP contribution in [0.5, 0.6) is 0 Å². The van der Waals surface area contributed by atoms with E-state index in [0.29, 0.717) is 12.5 Å². The van der Waals surface area contributed by atoms with Crippen molar-refractivity contribution >= 4 is 17.8 Å². The van der Waals surface area contributed by atoms with Crippen molar-refractivity contribution in [1.29, 1.82) is 0 Å². The number of rotatable bonds is 9. The number of amides is 2. The Morgan fingerprint density at radius 2 is 1.75 bits per heavy atom. The van der Waals surface area contributed by atoms with E-state index >= 15 is 0 Å². The molecule has 0 aromatic carbocycles. The smallest absolute Gasteiger partial charge is 0.336 e. The van der Waals surface area contributed by atoms with Crippen LogP contribution in [0.3, 0.4) is 0 Å². The quantitative estimate of drug-likeness (QED) is 0.258. The highest BCUT2D eigenvalue weighted by Gasteiger charge is 2.52. The van der Waals surface area contributed by atoms with E-state index in [1.165, 1.54) is 0 Å². The van der Waals surface area contributed by atoms with Crippen LogP contribution in [-0.4, -0.2) is 53.3 Å². The largest absolute Gasteiger partial charge is 0.479 e. The van der Waals surface area contributed by atoms with Crippen molar-refractivity contribution in [3.63, 3.8) is 0 Å². The predicted octanol–water partition coefficient (Wildman–Crippen LogP) is -1.24. The number of carbonyl (C=O) groups is 3. The molecule has 9 nitrogen and oxygen atoms in total. The van der Waals surface area contributed by atoms with Gasteiger partial charge < -0.3 is 31.9 Å². The lowest BCUT2D eigenvalue weighted by molar-refractivity contribution is -0.138. The molecule has 2 amide bonds. The molecule has 1 rings (SSSR count). The SMILES string of the molecule is CC(C)CCNC(=O)C(NC(=O)C1OC1C(=O)O)C(N)(N)C(C)C. The molecule has 7 N–H and O–H groups in total. The first kappa shape index (κ1) is 20.3. The Bertz CT molecular complexity index is 492. The van der Waals surface area contributed by atoms with E-state index in [9.17, 15) is 14.4 Å². The maximum Gasteiger partial charge on any atom is 0.336 e. The van der Waals surface area contributed by atoms with Gasteiger partial charge in [-0.05, 0) is 18.3 Å². The van der Waals surface area contributed by atoms with E-state index < -0.39 is 41.7 Å². The zero-order chi connectivity index (χ0) is 18.7. The van der Waals surface area contributed by atoms with Crippen LogP contribution in [0.15, 0.2) is 0 Å². The Balaban J connectivity index is 2.77. The van der Waals surface area contributed by atoms with Gasteiger partial charge in [-0.15, -0.1) is 0 Å². The van der Waals surface area contributed by atoms with Gasteiger partial charge in [0.2, 0.25) is 5.91 Å². The highest BCUT2D eigenvalue weighted by molar-refractivity contribution is 5.95. The molecular weight excluding hydrogens is 316 g/mol. The van der Waals surface area contributed by atoms with E-state index in [1.807, 2.05) is 13.8 Å². The highest BCUT2D eigenvalue weighted by atomic mass is 16.6. The van der Waals surface area contributed by atoms with Crippen molar-refractivity contribution < 1.29 is 24.2 Å². The van der Waals surface area contributed by atoms with Crippen molar-refractivity contribution in [1.82, 2.24) is 10.6 Å². The van der Waals surface area contributed by atoms with Crippen LogP contribution in [0.1, 0.15) is 34.1 Å². The Kier molecular flexibility index (Phi) is 6.70. The lowest BCUT2D eigenvalue weighted by Crippen LogP contribution is -2.72. The molecule has 138 valence electrons. The molecule has 1 aliphatic rings. The van der Waals surface area contributed by atoms with Gasteiger partial charge in [0.1, 0.15) is 6.04 Å². The highest BCUT2D eigenvalue weighted by Crippen LogP contribution is 2.23. The summed E-state index contributed by atoms with van der Waals surface area (Å²) in [6.45, 7) is 7.93. The Morgan fingerprint density at radius 3 is 2.17 bits per heavy atom. The van der Waals surface area contributed by atoms with Crippen molar-refractivity contribution in [3.8, 4) is 0 Å². The van der Waals surface area contributed by atoms with Crippen LogP contribution in [0, 0.1) is 11.8 Å². The number of ether oxygens (including phenoxy) is 1. The molecule has 0 spiro atoms. The summed E-state index contributed by atoms with van der Waals surface area (Å²) in [5.41, 5.74) is 10.6. The molecular formula is C15H28N4O5. The first-order valence-corrected chi connectivity index (χ1v) is 8.02. The number of hydrogen-bond donors (Lipinski definition) is 5. The van der Waals surface area contributed by atoms with Crippen molar-refractivity contribution in [2.75, 3.05) is 6.54 Å². The summed E-state index contributed by atoms with van der Waals surface area (Å²) < 4.78 is 4.78. The zero-order valence-electron chi connectivity index (χ0n) is 14.5. The molecule has 0 saturated carbocycles. The molecule has 0 aromatic heterocycles. The second-order valence-corrected chi connectivity index (χ2v) is 6.89. The number of epoxide rings is 1. The van der Waals surface area contributed by atoms with Crippen LogP contribution >= 0.6 is 0 Å². The average Bonchev–Trinajstić information content (AvgIpc) is 3.24. The topological polar surface area (TPSA) is 160 Å². The predicted molar refractivity (Wildman–Crippen MR) is 86.6 cm³/mol. The molecule has 1 aliphatic heterocycles. The van der Waals surface area contributed by atoms with E-state index in [1.54, 1.807) is 13.8 Å². The third-order valence-electron chi connectivity index (χ3n) is 4.06. The molecule has 3 atom stereocenters. The standard InChI is InChI=1S/C15H28N4O5/c1-7(2)5-6-18-13(21)11(15(16,17)8(3)4)19-12(20)9-10(24-9)14(22)23/h7-11H,5-6,16-17H2,1-4H3,(H,18,21)(H,19,20)(H,22,23). The van der Waals surface area contributed by atoms with Crippen molar-refractivity contribution in [3.05, 3.63) is 0 Å². The van der Waals surface area contributed by atoms with Gasteiger partial charge in [0.15, 0.2) is 12.2 Å². The summed E-state index contributed by atoms with van der Waals surface area (Å²) in [5, 5.41) is 13.9. The molecule has 3 unspecified atom stereocenters. The van der Waals surface area contributed by atoms with Crippen LogP contribution in [-0.2, 0) is 19.1 Å². The van der Waals surface area contributed by atoms with E-state index in [4.69, 9.17) is 21.3 Å². The molecule has 1 fully saturated rings. The maximum atomic E-state index is 12.4. The number of carboxylic acids is 1. The summed E-state index contributed by atoms with van der Waals surface area (Å²) >= 11 is 0. The summed E-state index contributed by atoms with van der Waals surface area (Å²) in [6.07, 6.45) is -1.56. The number of hydrogen-bond acceptors (Lipinski definition) is 6. The number of aliphatic carboxylic acids is 1. The lowest BCUT2D eigenvalue weighted by atomic mass is 9.89. The first-order valence-electron chi connectivity index (χ1n) is 8.02. The van der Waals surface area contributed by atoms with Crippen LogP contribution in [0.2, 0.25) is 0 Å². The minimum absolute atomic E-state index is 0.311. The van der Waals surface area contributed by atoms with E-state index in [-0.39, 0.29) is 5.92 Å². The van der Waals surface area contributed by atoms with Crippen LogP contribution in [0.25, 0.3) is 0 Å². The zero-order valence-corrected chi connectivity index (χ0v) is 14.5. The van der Waals surface area contributed by atoms with Gasteiger partial charge in [-0.2, -0.15) is 0 Å². The van der Waals surface area contributed by atoms with E-state index in [2.05, 4.69) is 10.6 Å². The van der Waals surface area contributed by atoms with Gasteiger partial charge in [0, 0.05) is 6.54 Å². The summed E-state index contributed by atoms with van der Waals surface area (Å²) in [7, 11) is 0. The Hall–Kier alpha value is -1.71. The second-order valence-electron chi connectivity index (χ2n) is 6.89. The number of carboxylic acid groups (broad SMARTS) is 1. The van der Waals surface area contributed by atoms with Gasteiger partial charge >= 0.3 is 5.97 Å². The fourth-order valence-corrected chi connectivity index (χ4v) is 2.06. The molecule has 0 aromatic rings. The van der Waals surface area contributed by atoms with Gasteiger partial charge in [0.25, 0.3) is 5.91 Å². The number of nitrogens with two attached hydrogens (primary N) is 2. The minimum atomic E-state index is -1.49. The van der Waals surface area contributed by atoms with Crippen molar-refractivity contribution in [2.24, 2.45) is 23.3 Å². The number of nitrogens with one attached hydrogen (secondary N) is 2. The second kappa shape index (κ2) is 7.91. The fourth-order valence-electron chi connectivity index (χ4n) is 2.06. The molecule has 0 bridgehead atoms. The summed E-state index contributed by atoms with van der Waals surface area (Å²) in [6, 6.07) is -1.20. The number of carbonyl (C=O) groups excluding carboxylic acids is 2. The minimum Gasteiger partial charge on any atom is -0.479 e. The van der Waals surface area contributed by atoms with Gasteiger partial charge in [-0.25, -0.2) is 4.79 Å². The molecule has 1 saturated heterocycles. The molecule has 24 heavy (non-hydrogen) atoms. The van der Waals surface area contributed by atoms with E-state index in [0.717, 1.165) is 6.42 Å². The van der Waals surface area contributed by atoms with Gasteiger partial charge in [-0.3, -0.25) is 9.59 Å². The Morgan fingerprint density at radius 1 is 1.17 bits per heavy atom. The van der Waals surface area contributed by atoms with Gasteiger partial charge in [-0.1, -0.05) is 27.7 Å². The molecule has 0 aliphatic carbocycles. The summed E-state index contributed by atoms with van der Waals surface area (Å²) in [4.78, 5) is 35.3. The molecule has 0 radical (unpaired) electrons. The van der Waals surface area contributed by atoms with Gasteiger partial charge in [0.05, 0.1) is 5.66 Å². The average molecular weight is 344 g/mol. The third-order valence-corrected chi connectivity index (χ3v) is 4.06. The fraction of sp³-hybridized carbons (Fsp3) is 0.800. The normalized spacial score (nSPS) is 21.5. The summed E-state index contributed by atoms with van der Waals surface area (Å²) in [5.74, 6) is -2.36. The Labute approximate surface area is 141 Å². The maximum absolute atomic E-state index is 12.4. The van der Waals surface area contributed by atoms with Crippen LogP contribution in [0.4, 0.5) is 0 Å². The monoisotopic (exact) mass is 344 g/mol. The third kappa shape index (κ3) is 5.15. The van der Waals surface area contributed by atoms with Crippen LogP contribution < -0.4 is 22.1 Å². The lowest BCUT2D eigenvalue weighted by Gasteiger charge is -2.36. The molecule has 9 heteroatoms. The first-order chi connectivity index (χ1) is 11.0. The molecule has 1 heterocycles. The van der Waals surface area contributed by atoms with Crippen molar-refractivity contribution in [2.45, 2.75) is 58.0 Å².